The minimum absolute atomic E-state index is 0.0907. The molecule has 1 aliphatic heterocycles. The molecule has 2 aromatic rings. The fourth-order valence-corrected chi connectivity index (χ4v) is 6.23. The highest BCUT2D eigenvalue weighted by Gasteiger charge is 2.43. The zero-order valence-corrected chi connectivity index (χ0v) is 21.0. The molecule has 8 nitrogen and oxygen atoms in total. The van der Waals surface area contributed by atoms with Crippen molar-refractivity contribution >= 4 is 29.7 Å². The van der Waals surface area contributed by atoms with Crippen LogP contribution in [0.3, 0.4) is 0 Å². The number of benzene rings is 2. The molecule has 35 heavy (non-hydrogen) atoms. The molecule has 0 saturated carbocycles. The van der Waals surface area contributed by atoms with Crippen LogP contribution in [0.15, 0.2) is 48.5 Å². The van der Waals surface area contributed by atoms with Gasteiger partial charge in [-0.1, -0.05) is 55.5 Å². The lowest BCUT2D eigenvalue weighted by Gasteiger charge is -2.31. The third kappa shape index (κ3) is 5.16. The van der Waals surface area contributed by atoms with Crippen molar-refractivity contribution in [3.05, 3.63) is 59.7 Å². The number of fused-ring (bicyclic) bond motifs is 3. The molecule has 3 atom stereocenters. The van der Waals surface area contributed by atoms with E-state index in [-0.39, 0.29) is 24.4 Å². The van der Waals surface area contributed by atoms with Gasteiger partial charge in [0.05, 0.1) is 5.37 Å². The van der Waals surface area contributed by atoms with Crippen LogP contribution in [-0.4, -0.2) is 83.3 Å². The zero-order chi connectivity index (χ0) is 25.1. The average Bonchev–Trinajstić information content (AvgIpc) is 3.41. The molecule has 0 bridgehead atoms. The van der Waals surface area contributed by atoms with Crippen LogP contribution in [0.1, 0.15) is 30.4 Å². The molecule has 3 unspecified atom stereocenters. The van der Waals surface area contributed by atoms with E-state index in [0.717, 1.165) is 22.3 Å². The van der Waals surface area contributed by atoms with Crippen LogP contribution in [0, 0.1) is 0 Å². The van der Waals surface area contributed by atoms with Crippen molar-refractivity contribution in [2.75, 3.05) is 33.0 Å². The lowest BCUT2D eigenvalue weighted by molar-refractivity contribution is -0.150. The van der Waals surface area contributed by atoms with Crippen LogP contribution < -0.4 is 5.32 Å². The van der Waals surface area contributed by atoms with Crippen molar-refractivity contribution in [2.24, 2.45) is 0 Å². The molecule has 4 rings (SSSR count). The summed E-state index contributed by atoms with van der Waals surface area (Å²) in [5.74, 6) is -1.20. The molecule has 186 valence electrons. The normalized spacial score (nSPS) is 19.8. The molecule has 2 amide bonds. The number of carbonyl (C=O) groups excluding carboxylic acids is 2. The van der Waals surface area contributed by atoms with Crippen LogP contribution in [0.2, 0.25) is 0 Å². The van der Waals surface area contributed by atoms with Gasteiger partial charge in [0.2, 0.25) is 5.91 Å². The average molecular weight is 498 g/mol. The Balaban J connectivity index is 1.47. The predicted molar refractivity (Wildman–Crippen MR) is 135 cm³/mol. The highest BCUT2D eigenvalue weighted by Crippen LogP contribution is 2.44. The number of aliphatic carboxylic acids is 1. The first-order valence-electron chi connectivity index (χ1n) is 11.7. The molecule has 1 saturated heterocycles. The second-order valence-corrected chi connectivity index (χ2v) is 10.3. The molecule has 1 heterocycles. The van der Waals surface area contributed by atoms with E-state index in [4.69, 9.17) is 4.74 Å². The summed E-state index contributed by atoms with van der Waals surface area (Å²) >= 11 is 1.45. The maximum atomic E-state index is 13.4. The highest BCUT2D eigenvalue weighted by molar-refractivity contribution is 8.00. The molecule has 0 aromatic heterocycles. The number of likely N-dealkylation sites (N-methyl/N-ethyl adjacent to an activating group) is 1. The summed E-state index contributed by atoms with van der Waals surface area (Å²) in [6, 6.07) is 14.3. The van der Waals surface area contributed by atoms with Gasteiger partial charge in [-0.05, 0) is 42.8 Å². The van der Waals surface area contributed by atoms with Crippen molar-refractivity contribution in [3.63, 3.8) is 0 Å². The summed E-state index contributed by atoms with van der Waals surface area (Å²) in [5.41, 5.74) is 4.47. The molecule has 2 aromatic carbocycles. The van der Waals surface area contributed by atoms with Crippen LogP contribution >= 0.6 is 11.8 Å². The Bertz CT molecular complexity index is 1060. The Morgan fingerprint density at radius 2 is 1.71 bits per heavy atom. The Morgan fingerprint density at radius 3 is 2.26 bits per heavy atom. The minimum Gasteiger partial charge on any atom is -0.480 e. The molecule has 9 heteroatoms. The largest absolute Gasteiger partial charge is 0.480 e. The molecule has 1 aliphatic carbocycles. The third-order valence-electron chi connectivity index (χ3n) is 6.46. The maximum absolute atomic E-state index is 13.4. The first-order chi connectivity index (χ1) is 16.8. The van der Waals surface area contributed by atoms with E-state index in [0.29, 0.717) is 12.2 Å². The molecule has 2 N–H and O–H groups in total. The Hall–Kier alpha value is -3.04. The number of thioether (sulfide) groups is 1. The SMILES string of the molecule is CCC1SCC(C(=O)O)N1C(=O)C(CN(C)C)NC(=O)OCC1c2ccccc2-c2ccccc21. The van der Waals surface area contributed by atoms with Gasteiger partial charge in [0, 0.05) is 18.2 Å². The van der Waals surface area contributed by atoms with Crippen molar-refractivity contribution in [1.29, 1.82) is 0 Å². The monoisotopic (exact) mass is 497 g/mol. The summed E-state index contributed by atoms with van der Waals surface area (Å²) in [7, 11) is 3.59. The van der Waals surface area contributed by atoms with E-state index in [1.807, 2.05) is 43.3 Å². The number of nitrogens with one attached hydrogen (secondary N) is 1. The van der Waals surface area contributed by atoms with Crippen LogP contribution in [0.5, 0.6) is 0 Å². The van der Waals surface area contributed by atoms with Crippen LogP contribution in [0.4, 0.5) is 4.79 Å². The second-order valence-electron chi connectivity index (χ2n) is 9.08. The maximum Gasteiger partial charge on any atom is 0.407 e. The number of rotatable bonds is 8. The molecule has 2 aliphatic rings. The third-order valence-corrected chi connectivity index (χ3v) is 7.92. The van der Waals surface area contributed by atoms with Gasteiger partial charge in [0.1, 0.15) is 18.7 Å². The van der Waals surface area contributed by atoms with E-state index in [9.17, 15) is 19.5 Å². The number of nitrogens with zero attached hydrogens (tertiary/aromatic N) is 2. The molecular weight excluding hydrogens is 466 g/mol. The second kappa shape index (κ2) is 10.7. The number of amides is 2. The van der Waals surface area contributed by atoms with Crippen molar-refractivity contribution < 1.29 is 24.2 Å². The summed E-state index contributed by atoms with van der Waals surface area (Å²) < 4.78 is 5.63. The molecule has 0 radical (unpaired) electrons. The number of hydrogen-bond donors (Lipinski definition) is 2. The number of hydrogen-bond acceptors (Lipinski definition) is 6. The van der Waals surface area contributed by atoms with Crippen LogP contribution in [-0.2, 0) is 14.3 Å². The van der Waals surface area contributed by atoms with Gasteiger partial charge in [0.15, 0.2) is 0 Å². The quantitative estimate of drug-likeness (QED) is 0.578. The predicted octanol–water partition coefficient (Wildman–Crippen LogP) is 3.22. The topological polar surface area (TPSA) is 99.2 Å². The number of ether oxygens (including phenoxy) is 1. The molecule has 0 spiro atoms. The first-order valence-corrected chi connectivity index (χ1v) is 12.8. The zero-order valence-electron chi connectivity index (χ0n) is 20.1. The molecular formula is C26H31N3O5S. The smallest absolute Gasteiger partial charge is 0.407 e. The summed E-state index contributed by atoms with van der Waals surface area (Å²) in [4.78, 5) is 41.3. The van der Waals surface area contributed by atoms with E-state index in [1.165, 1.54) is 16.7 Å². The highest BCUT2D eigenvalue weighted by atomic mass is 32.2. The Labute approximate surface area is 209 Å². The van der Waals surface area contributed by atoms with Crippen molar-refractivity contribution in [2.45, 2.75) is 36.7 Å². The van der Waals surface area contributed by atoms with E-state index in [2.05, 4.69) is 17.4 Å². The Morgan fingerprint density at radius 1 is 1.11 bits per heavy atom. The lowest BCUT2D eigenvalue weighted by atomic mass is 9.98. The van der Waals surface area contributed by atoms with E-state index < -0.39 is 30.1 Å². The fourth-order valence-electron chi connectivity index (χ4n) is 4.88. The fraction of sp³-hybridized carbons (Fsp3) is 0.423. The summed E-state index contributed by atoms with van der Waals surface area (Å²) in [6.45, 7) is 2.28. The van der Waals surface area contributed by atoms with Gasteiger partial charge in [-0.25, -0.2) is 9.59 Å². The number of carboxylic acid groups (broad SMARTS) is 1. The first kappa shape index (κ1) is 25.1. The number of carboxylic acids is 1. The number of alkyl carbamates (subject to hydrolysis) is 1. The Kier molecular flexibility index (Phi) is 7.66. The lowest BCUT2D eigenvalue weighted by Crippen LogP contribution is -2.57. The van der Waals surface area contributed by atoms with Gasteiger partial charge in [-0.2, -0.15) is 0 Å². The van der Waals surface area contributed by atoms with Crippen molar-refractivity contribution in [3.8, 4) is 11.1 Å². The molecule has 1 fully saturated rings. The summed E-state index contributed by atoms with van der Waals surface area (Å²) in [6.07, 6.45) is -0.0707. The minimum atomic E-state index is -1.04. The van der Waals surface area contributed by atoms with Gasteiger partial charge in [0.25, 0.3) is 0 Å². The van der Waals surface area contributed by atoms with Crippen LogP contribution in [0.25, 0.3) is 11.1 Å². The summed E-state index contributed by atoms with van der Waals surface area (Å²) in [5, 5.41) is 12.1. The van der Waals surface area contributed by atoms with Gasteiger partial charge in [-0.15, -0.1) is 11.8 Å². The van der Waals surface area contributed by atoms with Gasteiger partial charge >= 0.3 is 12.1 Å². The van der Waals surface area contributed by atoms with E-state index in [1.54, 1.807) is 19.0 Å². The van der Waals surface area contributed by atoms with Gasteiger partial charge < -0.3 is 25.0 Å². The van der Waals surface area contributed by atoms with Gasteiger partial charge in [-0.3, -0.25) is 4.79 Å². The van der Waals surface area contributed by atoms with Crippen molar-refractivity contribution in [1.82, 2.24) is 15.1 Å². The number of carbonyl (C=O) groups is 3. The van der Waals surface area contributed by atoms with E-state index >= 15 is 0 Å². The standard InChI is InChI=1S/C26H31N3O5S/c1-4-23-29(22(15-35-23)25(31)32)24(30)21(13-28(2)3)27-26(33)34-14-20-18-11-7-5-9-16(18)17-10-6-8-12-19(17)20/h5-12,20-23H,4,13-15H2,1-3H3,(H,27,33)(H,31,32).